The molecule has 4 rings (SSSR count). The van der Waals surface area contributed by atoms with Gasteiger partial charge in [0, 0.05) is 52.2 Å². The maximum absolute atomic E-state index is 5.60. The molecule has 1 N–H and O–H groups in total. The predicted molar refractivity (Wildman–Crippen MR) is 102 cm³/mol. The van der Waals surface area contributed by atoms with Crippen molar-refractivity contribution in [1.82, 2.24) is 25.1 Å². The molecule has 0 aromatic heterocycles. The topological polar surface area (TPSA) is 92.9 Å². The van der Waals surface area contributed by atoms with Crippen LogP contribution in [-0.4, -0.2) is 97.7 Å². The molecular weight excluding hydrogens is 362 g/mol. The van der Waals surface area contributed by atoms with E-state index in [1.807, 2.05) is 5.01 Å². The van der Waals surface area contributed by atoms with E-state index in [1.165, 1.54) is 19.3 Å². The van der Waals surface area contributed by atoms with Crippen LogP contribution in [0.25, 0.3) is 0 Å². The van der Waals surface area contributed by atoms with Crippen LogP contribution in [0, 0.1) is 0 Å². The molecule has 0 spiro atoms. The largest absolute Gasteiger partial charge is 0.379 e. The SMILES string of the molecule is C1CCN(C2(N3CCOCC3)CCCN2N=NON=NN2CCNCC2)CC1. The van der Waals surface area contributed by atoms with E-state index in [4.69, 9.17) is 9.68 Å². The summed E-state index contributed by atoms with van der Waals surface area (Å²) in [5, 5.41) is 23.3. The first-order valence-electron chi connectivity index (χ1n) is 10.7. The second-order valence-electron chi connectivity index (χ2n) is 7.78. The van der Waals surface area contributed by atoms with Crippen molar-refractivity contribution in [3.05, 3.63) is 0 Å². The van der Waals surface area contributed by atoms with Gasteiger partial charge in [-0.2, -0.15) is 0 Å². The Morgan fingerprint density at radius 1 is 0.750 bits per heavy atom. The number of ether oxygens (including phenoxy) is 1. The Morgan fingerprint density at radius 2 is 1.46 bits per heavy atom. The van der Waals surface area contributed by atoms with Gasteiger partial charge in [0.05, 0.1) is 36.9 Å². The van der Waals surface area contributed by atoms with Gasteiger partial charge in [0.2, 0.25) is 0 Å². The van der Waals surface area contributed by atoms with E-state index in [0.717, 1.165) is 85.0 Å². The van der Waals surface area contributed by atoms with Crippen molar-refractivity contribution in [2.45, 2.75) is 37.9 Å². The molecule has 0 amide bonds. The van der Waals surface area contributed by atoms with Gasteiger partial charge in [-0.3, -0.25) is 14.8 Å². The Hall–Kier alpha value is -1.56. The quantitative estimate of drug-likeness (QED) is 0.531. The molecule has 1 atom stereocenters. The van der Waals surface area contributed by atoms with Crippen LogP contribution in [-0.2, 0) is 9.68 Å². The molecule has 28 heavy (non-hydrogen) atoms. The highest BCUT2D eigenvalue weighted by Gasteiger charge is 2.51. The van der Waals surface area contributed by atoms with Crippen molar-refractivity contribution < 1.29 is 9.68 Å². The van der Waals surface area contributed by atoms with Crippen molar-refractivity contribution in [1.29, 1.82) is 0 Å². The number of nitrogens with zero attached hydrogens (tertiary/aromatic N) is 8. The van der Waals surface area contributed by atoms with Crippen LogP contribution in [0.5, 0.6) is 0 Å². The van der Waals surface area contributed by atoms with E-state index in [-0.39, 0.29) is 5.79 Å². The smallest absolute Gasteiger partial charge is 0.168 e. The van der Waals surface area contributed by atoms with Gasteiger partial charge in [-0.25, -0.2) is 9.95 Å². The van der Waals surface area contributed by atoms with E-state index >= 15 is 0 Å². The van der Waals surface area contributed by atoms with Crippen LogP contribution in [0.2, 0.25) is 0 Å². The van der Waals surface area contributed by atoms with Gasteiger partial charge in [-0.1, -0.05) is 6.42 Å². The van der Waals surface area contributed by atoms with Crippen LogP contribution >= 0.6 is 0 Å². The molecule has 0 saturated carbocycles. The highest BCUT2D eigenvalue weighted by atomic mass is 16.8. The number of rotatable bonds is 6. The molecule has 4 fully saturated rings. The standard InChI is InChI=1S/C17H33N9O2/c1-2-8-23(9-3-1)17(24-13-15-27-16-14-24)5-4-10-26(17)20-22-28-21-19-25-11-6-18-7-12-25/h18H,1-16H2. The molecule has 0 radical (unpaired) electrons. The first-order chi connectivity index (χ1) is 13.9. The lowest BCUT2D eigenvalue weighted by Gasteiger charge is -2.53. The third-order valence-electron chi connectivity index (χ3n) is 6.15. The summed E-state index contributed by atoms with van der Waals surface area (Å²) in [6.07, 6.45) is 5.95. The number of piperazine rings is 1. The first-order valence-corrected chi connectivity index (χ1v) is 10.7. The summed E-state index contributed by atoms with van der Waals surface area (Å²) >= 11 is 0. The molecule has 0 aliphatic carbocycles. The van der Waals surface area contributed by atoms with Crippen LogP contribution < -0.4 is 5.32 Å². The lowest BCUT2D eigenvalue weighted by atomic mass is 10.1. The lowest BCUT2D eigenvalue weighted by molar-refractivity contribution is -0.183. The van der Waals surface area contributed by atoms with Crippen LogP contribution in [0.3, 0.4) is 0 Å². The van der Waals surface area contributed by atoms with Gasteiger partial charge in [-0.15, -0.1) is 0 Å². The Morgan fingerprint density at radius 3 is 2.25 bits per heavy atom. The minimum absolute atomic E-state index is 0.216. The van der Waals surface area contributed by atoms with E-state index < -0.39 is 0 Å². The number of hydrogen-bond acceptors (Lipinski definition) is 9. The van der Waals surface area contributed by atoms with Crippen molar-refractivity contribution in [3.8, 4) is 0 Å². The van der Waals surface area contributed by atoms with Gasteiger partial charge in [0.1, 0.15) is 0 Å². The zero-order valence-electron chi connectivity index (χ0n) is 16.7. The molecule has 0 aromatic rings. The highest BCUT2D eigenvalue weighted by molar-refractivity contribution is 4.95. The fourth-order valence-electron chi connectivity index (χ4n) is 4.79. The van der Waals surface area contributed by atoms with E-state index in [0.29, 0.717) is 0 Å². The number of nitrogens with one attached hydrogen (secondary N) is 1. The Balaban J connectivity index is 1.41. The molecule has 4 aliphatic heterocycles. The minimum Gasteiger partial charge on any atom is -0.379 e. The molecule has 4 heterocycles. The van der Waals surface area contributed by atoms with Crippen molar-refractivity contribution in [2.24, 2.45) is 21.0 Å². The van der Waals surface area contributed by atoms with Crippen molar-refractivity contribution in [3.63, 3.8) is 0 Å². The molecular formula is C17H33N9O2. The van der Waals surface area contributed by atoms with Crippen LogP contribution in [0.1, 0.15) is 32.1 Å². The summed E-state index contributed by atoms with van der Waals surface area (Å²) in [6.45, 7) is 9.94. The maximum Gasteiger partial charge on any atom is 0.168 e. The van der Waals surface area contributed by atoms with Gasteiger partial charge in [-0.05, 0) is 29.7 Å². The van der Waals surface area contributed by atoms with Crippen LogP contribution in [0.15, 0.2) is 21.0 Å². The molecule has 158 valence electrons. The van der Waals surface area contributed by atoms with Gasteiger partial charge >= 0.3 is 0 Å². The van der Waals surface area contributed by atoms with Gasteiger partial charge in [0.15, 0.2) is 5.79 Å². The molecule has 4 aliphatic rings. The minimum atomic E-state index is -0.216. The average Bonchev–Trinajstić information content (AvgIpc) is 3.20. The van der Waals surface area contributed by atoms with Gasteiger partial charge in [0.25, 0.3) is 0 Å². The second kappa shape index (κ2) is 9.77. The number of morpholine rings is 1. The summed E-state index contributed by atoms with van der Waals surface area (Å²) in [6, 6.07) is 0. The summed E-state index contributed by atoms with van der Waals surface area (Å²) in [5.74, 6) is -0.216. The molecule has 11 heteroatoms. The highest BCUT2D eigenvalue weighted by Crippen LogP contribution is 2.38. The van der Waals surface area contributed by atoms with E-state index in [9.17, 15) is 0 Å². The first kappa shape index (κ1) is 19.7. The normalized spacial score (nSPS) is 31.3. The predicted octanol–water partition coefficient (Wildman–Crippen LogP) is 1.04. The Labute approximate surface area is 166 Å². The summed E-state index contributed by atoms with van der Waals surface area (Å²) in [7, 11) is 0. The summed E-state index contributed by atoms with van der Waals surface area (Å²) in [5.41, 5.74) is 0. The summed E-state index contributed by atoms with van der Waals surface area (Å²) in [4.78, 5) is 10.1. The number of piperidine rings is 1. The Kier molecular flexibility index (Phi) is 6.89. The second-order valence-corrected chi connectivity index (χ2v) is 7.78. The fourth-order valence-corrected chi connectivity index (χ4v) is 4.79. The monoisotopic (exact) mass is 395 g/mol. The molecule has 11 nitrogen and oxygen atoms in total. The Bertz CT molecular complexity index is 511. The van der Waals surface area contributed by atoms with Crippen molar-refractivity contribution >= 4 is 0 Å². The lowest BCUT2D eigenvalue weighted by Crippen LogP contribution is -2.68. The van der Waals surface area contributed by atoms with Crippen LogP contribution in [0.4, 0.5) is 0 Å². The van der Waals surface area contributed by atoms with E-state index in [1.54, 1.807) is 0 Å². The zero-order chi connectivity index (χ0) is 19.1. The van der Waals surface area contributed by atoms with E-state index in [2.05, 4.69) is 41.1 Å². The third kappa shape index (κ3) is 4.37. The fraction of sp³-hybridized carbons (Fsp3) is 1.00. The number of likely N-dealkylation sites (tertiary alicyclic amines) is 1. The molecule has 0 bridgehead atoms. The molecule has 1 unspecified atom stereocenters. The molecule has 4 saturated heterocycles. The summed E-state index contributed by atoms with van der Waals surface area (Å²) < 4.78 is 5.60. The maximum atomic E-state index is 5.60. The molecule has 0 aromatic carbocycles. The average molecular weight is 396 g/mol. The zero-order valence-corrected chi connectivity index (χ0v) is 16.7. The number of hydrogen-bond donors (Lipinski definition) is 1. The van der Waals surface area contributed by atoms with Gasteiger partial charge < -0.3 is 10.1 Å². The van der Waals surface area contributed by atoms with Crippen molar-refractivity contribution in [2.75, 3.05) is 72.1 Å². The third-order valence-corrected chi connectivity index (χ3v) is 6.15.